The Morgan fingerprint density at radius 3 is 2.10 bits per heavy atom. The molecule has 0 saturated carbocycles. The quantitative estimate of drug-likeness (QED) is 0.925. The number of rotatable bonds is 3. The van der Waals surface area contributed by atoms with Crippen LogP contribution >= 0.6 is 0 Å². The molecule has 106 valence electrons. The second kappa shape index (κ2) is 5.12. The van der Waals surface area contributed by atoms with E-state index in [1.165, 1.54) is 5.56 Å². The molecule has 1 aromatic carbocycles. The van der Waals surface area contributed by atoms with Crippen LogP contribution in [-0.4, -0.2) is 20.9 Å². The lowest BCUT2D eigenvalue weighted by molar-refractivity contribution is 0.0681. The fourth-order valence-electron chi connectivity index (χ4n) is 2.65. The second-order valence-electron chi connectivity index (χ2n) is 5.53. The number of hydrogen-bond acceptors (Lipinski definition) is 2. The molecule has 20 heavy (non-hydrogen) atoms. The molecule has 4 nitrogen and oxygen atoms in total. The Hall–Kier alpha value is -2.10. The van der Waals surface area contributed by atoms with Gasteiger partial charge in [-0.15, -0.1) is 0 Å². The molecule has 0 atom stereocenters. The van der Waals surface area contributed by atoms with E-state index in [0.29, 0.717) is 0 Å². The van der Waals surface area contributed by atoms with Gasteiger partial charge in [0.2, 0.25) is 0 Å². The molecule has 0 aliphatic rings. The van der Waals surface area contributed by atoms with E-state index < -0.39 is 5.97 Å². The van der Waals surface area contributed by atoms with Gasteiger partial charge in [-0.3, -0.25) is 4.68 Å². The van der Waals surface area contributed by atoms with Crippen LogP contribution in [0.25, 0.3) is 11.3 Å². The highest BCUT2D eigenvalue weighted by molar-refractivity contribution is 5.87. The van der Waals surface area contributed by atoms with Crippen LogP contribution < -0.4 is 0 Å². The number of benzene rings is 1. The van der Waals surface area contributed by atoms with E-state index in [0.717, 1.165) is 22.4 Å². The van der Waals surface area contributed by atoms with Crippen molar-refractivity contribution in [2.24, 2.45) is 0 Å². The third kappa shape index (κ3) is 2.46. The molecule has 0 aliphatic heterocycles. The predicted molar refractivity (Wildman–Crippen MR) is 79.2 cm³/mol. The van der Waals surface area contributed by atoms with Crippen molar-refractivity contribution in [3.63, 3.8) is 0 Å². The Labute approximate surface area is 119 Å². The van der Waals surface area contributed by atoms with Crippen molar-refractivity contribution in [3.8, 4) is 11.3 Å². The summed E-state index contributed by atoms with van der Waals surface area (Å²) < 4.78 is 1.57. The SMILES string of the molecule is Cc1cc(C)c(-c2cc(C(=O)O)n(C(C)C)n2)c(C)c1. The summed E-state index contributed by atoms with van der Waals surface area (Å²) in [5, 5.41) is 13.8. The Morgan fingerprint density at radius 2 is 1.70 bits per heavy atom. The summed E-state index contributed by atoms with van der Waals surface area (Å²) in [5.74, 6) is -0.945. The first-order valence-corrected chi connectivity index (χ1v) is 6.72. The molecule has 4 heteroatoms. The van der Waals surface area contributed by atoms with E-state index in [4.69, 9.17) is 0 Å². The number of carbonyl (C=O) groups is 1. The number of carboxylic acid groups (broad SMARTS) is 1. The highest BCUT2D eigenvalue weighted by atomic mass is 16.4. The van der Waals surface area contributed by atoms with Gasteiger partial charge in [0.05, 0.1) is 5.69 Å². The normalized spacial score (nSPS) is 11.1. The van der Waals surface area contributed by atoms with Crippen LogP contribution in [-0.2, 0) is 0 Å². The number of nitrogens with zero attached hydrogens (tertiary/aromatic N) is 2. The maximum Gasteiger partial charge on any atom is 0.354 e. The van der Waals surface area contributed by atoms with Crippen molar-refractivity contribution in [3.05, 3.63) is 40.6 Å². The fourth-order valence-corrected chi connectivity index (χ4v) is 2.65. The molecule has 0 bridgehead atoms. The number of aromatic nitrogens is 2. The van der Waals surface area contributed by atoms with Gasteiger partial charge in [-0.1, -0.05) is 17.7 Å². The highest BCUT2D eigenvalue weighted by Gasteiger charge is 2.19. The molecule has 1 aromatic heterocycles. The van der Waals surface area contributed by atoms with Crippen molar-refractivity contribution in [2.75, 3.05) is 0 Å². The van der Waals surface area contributed by atoms with Gasteiger partial charge in [0.15, 0.2) is 0 Å². The zero-order valence-electron chi connectivity index (χ0n) is 12.6. The van der Waals surface area contributed by atoms with Gasteiger partial charge < -0.3 is 5.11 Å². The van der Waals surface area contributed by atoms with E-state index in [2.05, 4.69) is 24.2 Å². The summed E-state index contributed by atoms with van der Waals surface area (Å²) in [6.07, 6.45) is 0. The number of hydrogen-bond donors (Lipinski definition) is 1. The average molecular weight is 272 g/mol. The van der Waals surface area contributed by atoms with Crippen LogP contribution in [0.3, 0.4) is 0 Å². The first-order valence-electron chi connectivity index (χ1n) is 6.72. The van der Waals surface area contributed by atoms with Gasteiger partial charge in [-0.05, 0) is 51.8 Å². The summed E-state index contributed by atoms with van der Waals surface area (Å²) >= 11 is 0. The third-order valence-electron chi connectivity index (χ3n) is 3.38. The standard InChI is InChI=1S/C16H20N2O2/c1-9(2)18-14(16(19)20)8-13(17-18)15-11(4)6-10(3)7-12(15)5/h6-9H,1-5H3,(H,19,20). The molecule has 0 amide bonds. The molecule has 0 unspecified atom stereocenters. The number of carboxylic acids is 1. The monoisotopic (exact) mass is 272 g/mol. The van der Waals surface area contributed by atoms with Crippen LogP contribution in [0.2, 0.25) is 0 Å². The predicted octanol–water partition coefficient (Wildman–Crippen LogP) is 3.75. The van der Waals surface area contributed by atoms with Gasteiger partial charge in [0.25, 0.3) is 0 Å². The summed E-state index contributed by atoms with van der Waals surface area (Å²) in [6.45, 7) is 9.98. The molecular weight excluding hydrogens is 252 g/mol. The first-order chi connectivity index (χ1) is 9.31. The van der Waals surface area contributed by atoms with Gasteiger partial charge >= 0.3 is 5.97 Å². The van der Waals surface area contributed by atoms with Gasteiger partial charge in [-0.25, -0.2) is 4.79 Å². The average Bonchev–Trinajstić information content (AvgIpc) is 2.72. The zero-order chi connectivity index (χ0) is 15.0. The van der Waals surface area contributed by atoms with Crippen LogP contribution in [0.4, 0.5) is 0 Å². The smallest absolute Gasteiger partial charge is 0.354 e. The minimum absolute atomic E-state index is 0.0147. The van der Waals surface area contributed by atoms with Crippen LogP contribution in [0.15, 0.2) is 18.2 Å². The molecule has 0 spiro atoms. The summed E-state index contributed by atoms with van der Waals surface area (Å²) in [6, 6.07) is 5.86. The Balaban J connectivity index is 2.66. The van der Waals surface area contributed by atoms with Crippen molar-refractivity contribution in [1.29, 1.82) is 0 Å². The summed E-state index contributed by atoms with van der Waals surface area (Å²) in [7, 11) is 0. The second-order valence-corrected chi connectivity index (χ2v) is 5.53. The molecule has 0 fully saturated rings. The zero-order valence-corrected chi connectivity index (χ0v) is 12.6. The first kappa shape index (κ1) is 14.3. The van der Waals surface area contributed by atoms with E-state index in [9.17, 15) is 9.90 Å². The molecule has 0 radical (unpaired) electrons. The van der Waals surface area contributed by atoms with Gasteiger partial charge in [0, 0.05) is 11.6 Å². The van der Waals surface area contributed by atoms with Crippen LogP contribution in [0, 0.1) is 20.8 Å². The lowest BCUT2D eigenvalue weighted by Crippen LogP contribution is -2.11. The molecule has 1 N–H and O–H groups in total. The van der Waals surface area contributed by atoms with Crippen LogP contribution in [0.1, 0.15) is 47.1 Å². The van der Waals surface area contributed by atoms with E-state index in [1.54, 1.807) is 10.7 Å². The summed E-state index contributed by atoms with van der Waals surface area (Å²) in [4.78, 5) is 11.3. The fraction of sp³-hybridized carbons (Fsp3) is 0.375. The maximum atomic E-state index is 11.3. The van der Waals surface area contributed by atoms with Crippen molar-refractivity contribution >= 4 is 5.97 Å². The van der Waals surface area contributed by atoms with Crippen molar-refractivity contribution in [1.82, 2.24) is 9.78 Å². The van der Waals surface area contributed by atoms with Crippen molar-refractivity contribution in [2.45, 2.75) is 40.7 Å². The van der Waals surface area contributed by atoms with E-state index in [-0.39, 0.29) is 11.7 Å². The van der Waals surface area contributed by atoms with Gasteiger partial charge in [-0.2, -0.15) is 5.10 Å². The molecular formula is C16H20N2O2. The number of aromatic carboxylic acids is 1. The minimum Gasteiger partial charge on any atom is -0.477 e. The van der Waals surface area contributed by atoms with Gasteiger partial charge in [0.1, 0.15) is 5.69 Å². The largest absolute Gasteiger partial charge is 0.477 e. The summed E-state index contributed by atoms with van der Waals surface area (Å²) in [5.41, 5.74) is 5.42. The third-order valence-corrected chi connectivity index (χ3v) is 3.38. The van der Waals surface area contributed by atoms with Crippen molar-refractivity contribution < 1.29 is 9.90 Å². The minimum atomic E-state index is -0.945. The van der Waals surface area contributed by atoms with E-state index >= 15 is 0 Å². The molecule has 0 aliphatic carbocycles. The lowest BCUT2D eigenvalue weighted by atomic mass is 9.97. The molecule has 2 rings (SSSR count). The lowest BCUT2D eigenvalue weighted by Gasteiger charge is -2.10. The Kier molecular flexibility index (Phi) is 3.66. The molecule has 2 aromatic rings. The Morgan fingerprint density at radius 1 is 1.15 bits per heavy atom. The topological polar surface area (TPSA) is 55.1 Å². The molecule has 0 saturated heterocycles. The highest BCUT2D eigenvalue weighted by Crippen LogP contribution is 2.29. The number of aryl methyl sites for hydroxylation is 3. The Bertz CT molecular complexity index is 646. The van der Waals surface area contributed by atoms with E-state index in [1.807, 2.05) is 27.7 Å². The molecule has 1 heterocycles. The van der Waals surface area contributed by atoms with Crippen LogP contribution in [0.5, 0.6) is 0 Å². The maximum absolute atomic E-state index is 11.3.